The van der Waals surface area contributed by atoms with Gasteiger partial charge in [0.2, 0.25) is 0 Å². The van der Waals surface area contributed by atoms with E-state index in [1.165, 1.54) is 38.0 Å². The summed E-state index contributed by atoms with van der Waals surface area (Å²) in [5.41, 5.74) is 2.29. The van der Waals surface area contributed by atoms with Gasteiger partial charge in [-0.05, 0) is 42.9 Å². The average Bonchev–Trinajstić information content (AvgIpc) is 2.54. The molecule has 0 saturated carbocycles. The molecular weight excluding hydrogens is 198 g/mol. The van der Waals surface area contributed by atoms with Crippen molar-refractivity contribution in [2.45, 2.75) is 32.8 Å². The number of rotatable bonds is 2. The van der Waals surface area contributed by atoms with E-state index in [1.807, 2.05) is 12.1 Å². The minimum atomic E-state index is 0.136. The van der Waals surface area contributed by atoms with Crippen LogP contribution in [0.5, 0.6) is 0 Å². The monoisotopic (exact) mass is 219 g/mol. The Hall–Kier alpha value is -1.02. The molecule has 1 aromatic carbocycles. The molecule has 0 aliphatic carbocycles. The molecule has 0 bridgehead atoms. The summed E-state index contributed by atoms with van der Waals surface area (Å²) in [6.07, 6.45) is 3.94. The second-order valence-corrected chi connectivity index (χ2v) is 4.85. The first-order valence-electron chi connectivity index (χ1n) is 6.24. The van der Waals surface area contributed by atoms with Gasteiger partial charge in [-0.25, -0.2) is 0 Å². The van der Waals surface area contributed by atoms with Crippen molar-refractivity contribution in [3.63, 3.8) is 0 Å². The lowest BCUT2D eigenvalue weighted by atomic mass is 10.0. The van der Waals surface area contributed by atoms with Crippen LogP contribution in [0, 0.1) is 5.92 Å². The van der Waals surface area contributed by atoms with E-state index in [2.05, 4.69) is 24.0 Å². The molecule has 1 saturated heterocycles. The molecule has 1 aromatic rings. The van der Waals surface area contributed by atoms with Crippen LogP contribution in [0.25, 0.3) is 0 Å². The van der Waals surface area contributed by atoms with Crippen molar-refractivity contribution >= 4 is 5.69 Å². The van der Waals surface area contributed by atoms with Gasteiger partial charge >= 0.3 is 0 Å². The van der Waals surface area contributed by atoms with Crippen molar-refractivity contribution in [1.82, 2.24) is 0 Å². The molecule has 16 heavy (non-hydrogen) atoms. The Morgan fingerprint density at radius 1 is 1.19 bits per heavy atom. The highest BCUT2D eigenvalue weighted by Crippen LogP contribution is 2.22. The minimum absolute atomic E-state index is 0.136. The van der Waals surface area contributed by atoms with E-state index in [0.29, 0.717) is 0 Å². The highest BCUT2D eigenvalue weighted by Gasteiger charge is 2.13. The molecule has 1 N–H and O–H groups in total. The first-order valence-corrected chi connectivity index (χ1v) is 6.24. The average molecular weight is 219 g/mol. The van der Waals surface area contributed by atoms with Crippen molar-refractivity contribution in [2.75, 3.05) is 18.0 Å². The normalized spacial score (nSPS) is 21.9. The van der Waals surface area contributed by atoms with E-state index in [4.69, 9.17) is 5.11 Å². The van der Waals surface area contributed by atoms with Crippen LogP contribution >= 0.6 is 0 Å². The van der Waals surface area contributed by atoms with E-state index in [9.17, 15) is 0 Å². The van der Waals surface area contributed by atoms with Gasteiger partial charge in [-0.15, -0.1) is 0 Å². The van der Waals surface area contributed by atoms with E-state index in [1.54, 1.807) is 0 Å². The number of anilines is 1. The fraction of sp³-hybridized carbons (Fsp3) is 0.571. The van der Waals surface area contributed by atoms with Crippen LogP contribution in [0.1, 0.15) is 31.7 Å². The quantitative estimate of drug-likeness (QED) is 0.826. The van der Waals surface area contributed by atoms with E-state index in [0.717, 1.165) is 11.5 Å². The third-order valence-electron chi connectivity index (χ3n) is 3.50. The number of nitrogens with zero attached hydrogens (tertiary/aromatic N) is 1. The Labute approximate surface area is 97.9 Å². The maximum Gasteiger partial charge on any atom is 0.0681 e. The first kappa shape index (κ1) is 11.5. The Morgan fingerprint density at radius 3 is 2.62 bits per heavy atom. The number of benzene rings is 1. The van der Waals surface area contributed by atoms with Gasteiger partial charge in [0.15, 0.2) is 0 Å². The molecule has 0 amide bonds. The lowest BCUT2D eigenvalue weighted by Crippen LogP contribution is -2.23. The predicted molar refractivity (Wildman–Crippen MR) is 67.6 cm³/mol. The largest absolute Gasteiger partial charge is 0.392 e. The molecule has 2 nitrogen and oxygen atoms in total. The smallest absolute Gasteiger partial charge is 0.0681 e. The van der Waals surface area contributed by atoms with E-state index < -0.39 is 0 Å². The van der Waals surface area contributed by atoms with Crippen LogP contribution < -0.4 is 4.90 Å². The number of hydrogen-bond acceptors (Lipinski definition) is 2. The number of aliphatic hydroxyl groups is 1. The zero-order valence-electron chi connectivity index (χ0n) is 10.0. The predicted octanol–water partition coefficient (Wildman–Crippen LogP) is 2.81. The molecule has 1 heterocycles. The summed E-state index contributed by atoms with van der Waals surface area (Å²) in [7, 11) is 0. The SMILES string of the molecule is CC1CCCN(c2ccc(CO)cc2)CC1. The van der Waals surface area contributed by atoms with Crippen LogP contribution in [-0.2, 0) is 6.61 Å². The van der Waals surface area contributed by atoms with Crippen molar-refractivity contribution in [3.8, 4) is 0 Å². The van der Waals surface area contributed by atoms with Crippen molar-refractivity contribution in [1.29, 1.82) is 0 Å². The van der Waals surface area contributed by atoms with Crippen LogP contribution in [0.3, 0.4) is 0 Å². The highest BCUT2D eigenvalue weighted by atomic mass is 16.3. The zero-order chi connectivity index (χ0) is 11.4. The summed E-state index contributed by atoms with van der Waals surface area (Å²) < 4.78 is 0. The second kappa shape index (κ2) is 5.35. The maximum absolute atomic E-state index is 9.00. The molecule has 0 aromatic heterocycles. The summed E-state index contributed by atoms with van der Waals surface area (Å²) in [6.45, 7) is 4.82. The third-order valence-corrected chi connectivity index (χ3v) is 3.50. The van der Waals surface area contributed by atoms with Crippen LogP contribution in [0.2, 0.25) is 0 Å². The van der Waals surface area contributed by atoms with Gasteiger partial charge in [-0.2, -0.15) is 0 Å². The van der Waals surface area contributed by atoms with Crippen molar-refractivity contribution in [2.24, 2.45) is 5.92 Å². The molecule has 0 spiro atoms. The fourth-order valence-electron chi connectivity index (χ4n) is 2.33. The fourth-order valence-corrected chi connectivity index (χ4v) is 2.33. The first-order chi connectivity index (χ1) is 7.79. The molecule has 2 rings (SSSR count). The molecule has 1 aliphatic heterocycles. The molecule has 1 atom stereocenters. The van der Waals surface area contributed by atoms with Crippen LogP contribution in [0.15, 0.2) is 24.3 Å². The van der Waals surface area contributed by atoms with Crippen molar-refractivity contribution < 1.29 is 5.11 Å². The Morgan fingerprint density at radius 2 is 1.94 bits per heavy atom. The lowest BCUT2D eigenvalue weighted by molar-refractivity contribution is 0.282. The molecule has 1 unspecified atom stereocenters. The topological polar surface area (TPSA) is 23.5 Å². The van der Waals surface area contributed by atoms with Gasteiger partial charge in [0, 0.05) is 18.8 Å². The standard InChI is InChI=1S/C14H21NO/c1-12-3-2-9-15(10-8-12)14-6-4-13(11-16)5-7-14/h4-7,12,16H,2-3,8-11H2,1H3. The van der Waals surface area contributed by atoms with Gasteiger partial charge in [-0.3, -0.25) is 0 Å². The lowest BCUT2D eigenvalue weighted by Gasteiger charge is -2.22. The summed E-state index contributed by atoms with van der Waals surface area (Å²) >= 11 is 0. The zero-order valence-corrected chi connectivity index (χ0v) is 10.0. The van der Waals surface area contributed by atoms with Gasteiger partial charge in [0.1, 0.15) is 0 Å². The van der Waals surface area contributed by atoms with Crippen LogP contribution in [-0.4, -0.2) is 18.2 Å². The summed E-state index contributed by atoms with van der Waals surface area (Å²) in [5.74, 6) is 0.863. The van der Waals surface area contributed by atoms with E-state index in [-0.39, 0.29) is 6.61 Å². The summed E-state index contributed by atoms with van der Waals surface area (Å²) in [6, 6.07) is 8.29. The number of hydrogen-bond donors (Lipinski definition) is 1. The van der Waals surface area contributed by atoms with Gasteiger partial charge in [0.25, 0.3) is 0 Å². The van der Waals surface area contributed by atoms with Gasteiger partial charge in [-0.1, -0.05) is 19.1 Å². The third kappa shape index (κ3) is 2.76. The molecule has 0 radical (unpaired) electrons. The Kier molecular flexibility index (Phi) is 3.83. The van der Waals surface area contributed by atoms with Gasteiger partial charge < -0.3 is 10.0 Å². The second-order valence-electron chi connectivity index (χ2n) is 4.85. The van der Waals surface area contributed by atoms with Gasteiger partial charge in [0.05, 0.1) is 6.61 Å². The highest BCUT2D eigenvalue weighted by molar-refractivity contribution is 5.47. The number of aliphatic hydroxyl groups excluding tert-OH is 1. The molecule has 1 fully saturated rings. The van der Waals surface area contributed by atoms with E-state index >= 15 is 0 Å². The summed E-state index contributed by atoms with van der Waals surface area (Å²) in [4.78, 5) is 2.46. The maximum atomic E-state index is 9.00. The Bertz CT molecular complexity index is 320. The van der Waals surface area contributed by atoms with Crippen LogP contribution in [0.4, 0.5) is 5.69 Å². The minimum Gasteiger partial charge on any atom is -0.392 e. The molecule has 1 aliphatic rings. The molecule has 2 heteroatoms. The Balaban J connectivity index is 2.04. The summed E-state index contributed by atoms with van der Waals surface area (Å²) in [5, 5.41) is 9.00. The van der Waals surface area contributed by atoms with Crippen molar-refractivity contribution in [3.05, 3.63) is 29.8 Å². The molecular formula is C14H21NO. The molecule has 88 valence electrons.